The monoisotopic (exact) mass is 1070 g/mol. The molecule has 4 aromatic carbocycles. The van der Waals surface area contributed by atoms with E-state index < -0.39 is 12.6 Å². The van der Waals surface area contributed by atoms with Crippen molar-refractivity contribution in [2.75, 3.05) is 26.4 Å². The molecule has 7 aromatic rings. The molecule has 3 aromatic heterocycles. The number of hydrogen-bond donors (Lipinski definition) is 2. The van der Waals surface area contributed by atoms with Crippen LogP contribution in [0, 0.1) is 10.8 Å². The average molecular weight is 1070 g/mol. The highest BCUT2D eigenvalue weighted by atomic mass is 16.7. The molecule has 414 valence electrons. The number of aromatic amines is 2. The fourth-order valence-electron chi connectivity index (χ4n) is 11.1. The Labute approximate surface area is 475 Å². The van der Waals surface area contributed by atoms with Crippen molar-refractivity contribution in [3.05, 3.63) is 165 Å². The molecule has 11 rings (SSSR count). The Balaban J connectivity index is 1.24. The Bertz CT molecular complexity index is 3430. The van der Waals surface area contributed by atoms with Gasteiger partial charge in [-0.25, -0.2) is 9.97 Å². The van der Waals surface area contributed by atoms with Gasteiger partial charge in [0.2, 0.25) is 0 Å². The van der Waals surface area contributed by atoms with E-state index in [4.69, 9.17) is 28.9 Å². The normalized spacial score (nSPS) is 17.1. The molecule has 80 heavy (non-hydrogen) atoms. The number of H-pyrrole nitrogens is 2. The maximum atomic E-state index is 6.28. The van der Waals surface area contributed by atoms with Crippen LogP contribution >= 0.6 is 0 Å². The molecule has 7 heterocycles. The van der Waals surface area contributed by atoms with Crippen LogP contribution < -0.4 is 0 Å². The van der Waals surface area contributed by atoms with Crippen molar-refractivity contribution in [3.8, 4) is 44.5 Å². The Morgan fingerprint density at radius 1 is 0.350 bits per heavy atom. The second kappa shape index (κ2) is 20.1. The van der Waals surface area contributed by atoms with Gasteiger partial charge in [0.05, 0.1) is 49.2 Å². The average Bonchev–Trinajstić information content (AvgIpc) is 4.29. The third-order valence-corrected chi connectivity index (χ3v) is 16.1. The molecule has 4 aliphatic rings. The predicted octanol–water partition coefficient (Wildman–Crippen LogP) is 18.7. The molecule has 0 radical (unpaired) electrons. The van der Waals surface area contributed by atoms with Crippen molar-refractivity contribution in [1.82, 2.24) is 19.9 Å². The molecule has 0 atom stereocenters. The summed E-state index contributed by atoms with van der Waals surface area (Å²) < 4.78 is 25.1. The van der Waals surface area contributed by atoms with E-state index in [1.54, 1.807) is 0 Å². The van der Waals surface area contributed by atoms with Crippen molar-refractivity contribution in [3.63, 3.8) is 0 Å². The lowest BCUT2D eigenvalue weighted by Gasteiger charge is -2.34. The molecular weight excluding hydrogens is 985 g/mol. The lowest BCUT2D eigenvalue weighted by atomic mass is 9.78. The van der Waals surface area contributed by atoms with Crippen LogP contribution in [-0.4, -0.2) is 46.4 Å². The Hall–Kier alpha value is -6.68. The van der Waals surface area contributed by atoms with Crippen LogP contribution in [0.3, 0.4) is 0 Å². The third-order valence-electron chi connectivity index (χ3n) is 16.1. The number of ether oxygens (including phenoxy) is 4. The number of nitrogens with one attached hydrogen (secondary N) is 2. The first-order valence-electron chi connectivity index (χ1n) is 28.7. The minimum atomic E-state index is -0.429. The summed E-state index contributed by atoms with van der Waals surface area (Å²) in [6.45, 7) is 38.8. The van der Waals surface area contributed by atoms with Crippen molar-refractivity contribution < 1.29 is 18.9 Å². The minimum absolute atomic E-state index is 0.0362. The van der Waals surface area contributed by atoms with E-state index in [0.717, 1.165) is 100 Å². The standard InChI is InChI=1S/C72H82N4O4/c1-67(2,3)49-33-47(34-50(37-49)68(4,5)6)63-57-29-25-53(73-57)61(43-17-21-45(22-18-43)65-77-39-71(13,14)40-78-65)55-27-31-59(75-55)64(48-35-51(69(7,8)9)38-52(36-48)70(10,11)12)60-32-28-56(76-60)62(54-26-30-58(63)74-54)44-19-23-46(24-20-44)66-79-41-72(15,16)42-80-66/h17-38,65-66,73,76H,39-42H2,1-16H3. The molecule has 8 heteroatoms. The van der Waals surface area contributed by atoms with Gasteiger partial charge in [-0.15, -0.1) is 0 Å². The zero-order valence-corrected chi connectivity index (χ0v) is 50.2. The SMILES string of the molecule is CC1(C)COC(c2ccc(-c3c4nc(c(-c5cc(C(C)(C)C)cc(C(C)(C)C)c5)c5ccc([nH]5)c(-c5ccc(C6OCC(C)(C)CO6)cc5)c5nc(c(-c6cc(C(C)(C)C)cc(C(C)(C)C)c6)c6ccc3[nH]6)C=C5)C=C4)cc2)OC1. The highest BCUT2D eigenvalue weighted by Crippen LogP contribution is 2.44. The molecule has 0 amide bonds. The molecule has 2 saturated heterocycles. The first-order valence-corrected chi connectivity index (χ1v) is 28.7. The molecule has 2 N–H and O–H groups in total. The highest BCUT2D eigenvalue weighted by molar-refractivity contribution is 6.00. The summed E-state index contributed by atoms with van der Waals surface area (Å²) in [6.07, 6.45) is 7.91. The zero-order chi connectivity index (χ0) is 56.9. The summed E-state index contributed by atoms with van der Waals surface area (Å²) in [5, 5.41) is 0. The van der Waals surface area contributed by atoms with Gasteiger partial charge in [-0.2, -0.15) is 0 Å². The van der Waals surface area contributed by atoms with Crippen molar-refractivity contribution in [2.24, 2.45) is 10.8 Å². The molecular formula is C72H82N4O4. The zero-order valence-electron chi connectivity index (χ0n) is 50.2. The van der Waals surface area contributed by atoms with Crippen LogP contribution in [-0.2, 0) is 40.6 Å². The Morgan fingerprint density at radius 2 is 0.600 bits per heavy atom. The Morgan fingerprint density at radius 3 is 0.850 bits per heavy atom. The Kier molecular flexibility index (Phi) is 13.9. The second-order valence-corrected chi connectivity index (χ2v) is 28.6. The van der Waals surface area contributed by atoms with Crippen molar-refractivity contribution in [1.29, 1.82) is 0 Å². The summed E-state index contributed by atoms with van der Waals surface area (Å²) in [5.74, 6) is 0. The summed E-state index contributed by atoms with van der Waals surface area (Å²) >= 11 is 0. The highest BCUT2D eigenvalue weighted by Gasteiger charge is 2.32. The number of fused-ring (bicyclic) bond motifs is 8. The van der Waals surface area contributed by atoms with E-state index in [2.05, 4.69) is 254 Å². The van der Waals surface area contributed by atoms with Crippen LogP contribution in [0.15, 0.2) is 109 Å². The van der Waals surface area contributed by atoms with E-state index in [1.807, 2.05) is 0 Å². The van der Waals surface area contributed by atoms with Crippen LogP contribution in [0.2, 0.25) is 0 Å². The van der Waals surface area contributed by atoms with Gasteiger partial charge in [0.1, 0.15) is 0 Å². The number of rotatable bonds is 6. The smallest absolute Gasteiger partial charge is 0.183 e. The van der Waals surface area contributed by atoms with Gasteiger partial charge in [0.25, 0.3) is 0 Å². The van der Waals surface area contributed by atoms with E-state index in [9.17, 15) is 0 Å². The third kappa shape index (κ3) is 11.2. The first-order chi connectivity index (χ1) is 37.6. The predicted molar refractivity (Wildman–Crippen MR) is 332 cm³/mol. The van der Waals surface area contributed by atoms with Gasteiger partial charge >= 0.3 is 0 Å². The molecule has 8 bridgehead atoms. The number of aromatic nitrogens is 4. The van der Waals surface area contributed by atoms with Gasteiger partial charge in [-0.05, 0) is 115 Å². The second-order valence-electron chi connectivity index (χ2n) is 28.6. The van der Waals surface area contributed by atoms with Gasteiger partial charge in [-0.3, -0.25) is 0 Å². The molecule has 0 saturated carbocycles. The van der Waals surface area contributed by atoms with Crippen LogP contribution in [0.5, 0.6) is 0 Å². The quantitative estimate of drug-likeness (QED) is 0.172. The van der Waals surface area contributed by atoms with E-state index in [1.165, 1.54) is 22.3 Å². The summed E-state index contributed by atoms with van der Waals surface area (Å²) in [4.78, 5) is 19.5. The number of benzene rings is 4. The van der Waals surface area contributed by atoms with Gasteiger partial charge < -0.3 is 28.9 Å². The first kappa shape index (κ1) is 55.2. The molecule has 0 spiro atoms. The van der Waals surface area contributed by atoms with Crippen LogP contribution in [0.4, 0.5) is 0 Å². The maximum Gasteiger partial charge on any atom is 0.183 e. The van der Waals surface area contributed by atoms with Gasteiger partial charge in [0.15, 0.2) is 12.6 Å². The van der Waals surface area contributed by atoms with Crippen LogP contribution in [0.1, 0.15) is 180 Å². The number of hydrogen-bond acceptors (Lipinski definition) is 6. The van der Waals surface area contributed by atoms with Gasteiger partial charge in [-0.1, -0.05) is 196 Å². The fourth-order valence-corrected chi connectivity index (χ4v) is 11.1. The van der Waals surface area contributed by atoms with Crippen LogP contribution in [0.25, 0.3) is 90.9 Å². The largest absolute Gasteiger partial charge is 0.354 e. The lowest BCUT2D eigenvalue weighted by Crippen LogP contribution is -2.33. The molecule has 0 unspecified atom stereocenters. The lowest BCUT2D eigenvalue weighted by molar-refractivity contribution is -0.226. The van der Waals surface area contributed by atoms with E-state index >= 15 is 0 Å². The topological polar surface area (TPSA) is 94.3 Å². The van der Waals surface area contributed by atoms with Crippen molar-refractivity contribution >= 4 is 46.4 Å². The molecule has 8 nitrogen and oxygen atoms in total. The minimum Gasteiger partial charge on any atom is -0.354 e. The van der Waals surface area contributed by atoms with Crippen molar-refractivity contribution in [2.45, 2.75) is 145 Å². The molecule has 2 fully saturated rings. The van der Waals surface area contributed by atoms with E-state index in [0.29, 0.717) is 26.4 Å². The molecule has 4 aliphatic heterocycles. The summed E-state index contributed by atoms with van der Waals surface area (Å²) in [7, 11) is 0. The van der Waals surface area contributed by atoms with E-state index in [-0.39, 0.29) is 32.5 Å². The molecule has 0 aliphatic carbocycles. The maximum absolute atomic E-state index is 6.28. The van der Waals surface area contributed by atoms with Gasteiger partial charge in [0, 0.05) is 66.3 Å². The fraction of sp³-hybridized carbons (Fsp3) is 0.389. The summed E-state index contributed by atoms with van der Waals surface area (Å²) in [6, 6.07) is 40.4. The number of nitrogens with zero attached hydrogens (tertiary/aromatic N) is 2. The summed E-state index contributed by atoms with van der Waals surface area (Å²) in [5.41, 5.74) is 22.0.